The Balaban J connectivity index is 1.84. The second-order valence-corrected chi connectivity index (χ2v) is 5.21. The standard InChI is InChI=1S/C16H23NO3/c1-2-8-19-15-10-13(11-17-12-15)16(18)7-6-14-5-3-4-9-20-14/h10-12,14H,2-9H2,1H3. The van der Waals surface area contributed by atoms with Crippen molar-refractivity contribution in [3.05, 3.63) is 24.0 Å². The SMILES string of the molecule is CCCOc1cncc(C(=O)CCC2CCCCO2)c1. The lowest BCUT2D eigenvalue weighted by molar-refractivity contribution is 0.0104. The number of hydrogen-bond donors (Lipinski definition) is 0. The molecule has 0 amide bonds. The number of carbonyl (C=O) groups excluding carboxylic acids is 1. The zero-order valence-electron chi connectivity index (χ0n) is 12.1. The Morgan fingerprint density at radius 2 is 2.35 bits per heavy atom. The highest BCUT2D eigenvalue weighted by molar-refractivity contribution is 5.96. The number of hydrogen-bond acceptors (Lipinski definition) is 4. The molecule has 0 radical (unpaired) electrons. The van der Waals surface area contributed by atoms with Crippen LogP contribution in [0.25, 0.3) is 0 Å². The zero-order valence-corrected chi connectivity index (χ0v) is 12.1. The van der Waals surface area contributed by atoms with Crippen molar-refractivity contribution >= 4 is 5.78 Å². The van der Waals surface area contributed by atoms with E-state index in [-0.39, 0.29) is 11.9 Å². The molecule has 1 unspecified atom stereocenters. The van der Waals surface area contributed by atoms with Crippen molar-refractivity contribution in [3.8, 4) is 5.75 Å². The van der Waals surface area contributed by atoms with Crippen molar-refractivity contribution in [3.63, 3.8) is 0 Å². The molecule has 0 N–H and O–H groups in total. The molecule has 110 valence electrons. The van der Waals surface area contributed by atoms with Gasteiger partial charge in [0.05, 0.1) is 18.9 Å². The molecular formula is C16H23NO3. The maximum Gasteiger partial charge on any atom is 0.164 e. The summed E-state index contributed by atoms with van der Waals surface area (Å²) in [6.45, 7) is 3.53. The first kappa shape index (κ1) is 15.0. The summed E-state index contributed by atoms with van der Waals surface area (Å²) in [4.78, 5) is 16.2. The molecule has 4 heteroatoms. The van der Waals surface area contributed by atoms with Crippen LogP contribution in [-0.4, -0.2) is 30.1 Å². The normalized spacial score (nSPS) is 18.8. The van der Waals surface area contributed by atoms with Crippen LogP contribution in [0.4, 0.5) is 0 Å². The molecule has 1 aliphatic heterocycles. The summed E-state index contributed by atoms with van der Waals surface area (Å²) in [6, 6.07) is 1.78. The third-order valence-corrected chi connectivity index (χ3v) is 3.48. The van der Waals surface area contributed by atoms with Crippen LogP contribution < -0.4 is 4.74 Å². The number of nitrogens with zero attached hydrogens (tertiary/aromatic N) is 1. The summed E-state index contributed by atoms with van der Waals surface area (Å²) in [6.07, 6.45) is 9.20. The van der Waals surface area contributed by atoms with Gasteiger partial charge in [-0.3, -0.25) is 9.78 Å². The number of ketones is 1. The van der Waals surface area contributed by atoms with E-state index in [0.717, 1.165) is 32.3 Å². The van der Waals surface area contributed by atoms with E-state index < -0.39 is 0 Å². The third kappa shape index (κ3) is 4.60. The van der Waals surface area contributed by atoms with Crippen molar-refractivity contribution < 1.29 is 14.3 Å². The molecule has 0 bridgehead atoms. The van der Waals surface area contributed by atoms with Gasteiger partial charge in [0.1, 0.15) is 5.75 Å². The summed E-state index contributed by atoms with van der Waals surface area (Å²) in [5.74, 6) is 0.792. The zero-order chi connectivity index (χ0) is 14.2. The highest BCUT2D eigenvalue weighted by atomic mass is 16.5. The van der Waals surface area contributed by atoms with Crippen LogP contribution in [0.5, 0.6) is 5.75 Å². The lowest BCUT2D eigenvalue weighted by atomic mass is 10.0. The van der Waals surface area contributed by atoms with Crippen LogP contribution >= 0.6 is 0 Å². The van der Waals surface area contributed by atoms with Gasteiger partial charge in [-0.25, -0.2) is 0 Å². The second kappa shape index (κ2) is 8.00. The molecule has 1 aliphatic rings. The van der Waals surface area contributed by atoms with Gasteiger partial charge < -0.3 is 9.47 Å². The van der Waals surface area contributed by atoms with Crippen molar-refractivity contribution in [2.75, 3.05) is 13.2 Å². The van der Waals surface area contributed by atoms with Crippen molar-refractivity contribution in [1.29, 1.82) is 0 Å². The second-order valence-electron chi connectivity index (χ2n) is 5.21. The minimum absolute atomic E-state index is 0.119. The van der Waals surface area contributed by atoms with E-state index in [2.05, 4.69) is 4.98 Å². The molecule has 4 nitrogen and oxygen atoms in total. The van der Waals surface area contributed by atoms with Crippen LogP contribution in [-0.2, 0) is 4.74 Å². The van der Waals surface area contributed by atoms with Crippen LogP contribution in [0.15, 0.2) is 18.5 Å². The summed E-state index contributed by atoms with van der Waals surface area (Å²) in [5, 5.41) is 0. The smallest absolute Gasteiger partial charge is 0.164 e. The van der Waals surface area contributed by atoms with Gasteiger partial charge in [0.25, 0.3) is 0 Å². The summed E-state index contributed by atoms with van der Waals surface area (Å²) >= 11 is 0. The molecule has 1 atom stereocenters. The molecule has 1 fully saturated rings. The van der Waals surface area contributed by atoms with Crippen LogP contribution in [0.1, 0.15) is 55.8 Å². The quantitative estimate of drug-likeness (QED) is 0.717. The predicted octanol–water partition coefficient (Wildman–Crippen LogP) is 3.40. The highest BCUT2D eigenvalue weighted by Crippen LogP contribution is 2.19. The van der Waals surface area contributed by atoms with Gasteiger partial charge >= 0.3 is 0 Å². The Kier molecular flexibility index (Phi) is 5.99. The fourth-order valence-electron chi connectivity index (χ4n) is 2.34. The Labute approximate surface area is 120 Å². The first-order valence-electron chi connectivity index (χ1n) is 7.52. The van der Waals surface area contributed by atoms with Crippen molar-refractivity contribution in [2.24, 2.45) is 0 Å². The molecular weight excluding hydrogens is 254 g/mol. The number of rotatable bonds is 7. The molecule has 1 aromatic rings. The average molecular weight is 277 g/mol. The Morgan fingerprint density at radius 1 is 1.45 bits per heavy atom. The molecule has 2 heterocycles. The van der Waals surface area contributed by atoms with Crippen molar-refractivity contribution in [1.82, 2.24) is 4.98 Å². The van der Waals surface area contributed by atoms with E-state index in [1.54, 1.807) is 18.5 Å². The Hall–Kier alpha value is -1.42. The predicted molar refractivity (Wildman–Crippen MR) is 77.2 cm³/mol. The maximum atomic E-state index is 12.2. The van der Waals surface area contributed by atoms with Gasteiger partial charge in [0, 0.05) is 24.8 Å². The van der Waals surface area contributed by atoms with Gasteiger partial charge in [0.15, 0.2) is 5.78 Å². The van der Waals surface area contributed by atoms with Crippen LogP contribution in [0.3, 0.4) is 0 Å². The fraction of sp³-hybridized carbons (Fsp3) is 0.625. The first-order chi connectivity index (χ1) is 9.79. The number of carbonyl (C=O) groups is 1. The van der Waals surface area contributed by atoms with Gasteiger partial charge in [-0.2, -0.15) is 0 Å². The van der Waals surface area contributed by atoms with E-state index in [9.17, 15) is 4.79 Å². The molecule has 20 heavy (non-hydrogen) atoms. The van der Waals surface area contributed by atoms with E-state index in [1.165, 1.54) is 6.42 Å². The molecule has 0 aromatic carbocycles. The molecule has 0 saturated carbocycles. The van der Waals surface area contributed by atoms with Crippen LogP contribution in [0.2, 0.25) is 0 Å². The molecule has 0 spiro atoms. The Bertz CT molecular complexity index is 427. The van der Waals surface area contributed by atoms with E-state index in [1.807, 2.05) is 6.92 Å². The minimum atomic E-state index is 0.119. The van der Waals surface area contributed by atoms with Crippen molar-refractivity contribution in [2.45, 2.75) is 51.6 Å². The highest BCUT2D eigenvalue weighted by Gasteiger charge is 2.16. The van der Waals surface area contributed by atoms with E-state index >= 15 is 0 Å². The fourth-order valence-corrected chi connectivity index (χ4v) is 2.34. The third-order valence-electron chi connectivity index (χ3n) is 3.48. The van der Waals surface area contributed by atoms with E-state index in [4.69, 9.17) is 9.47 Å². The molecule has 1 aromatic heterocycles. The maximum absolute atomic E-state index is 12.2. The summed E-state index contributed by atoms with van der Waals surface area (Å²) in [7, 11) is 0. The summed E-state index contributed by atoms with van der Waals surface area (Å²) in [5.41, 5.74) is 0.634. The molecule has 2 rings (SSSR count). The lowest BCUT2D eigenvalue weighted by Crippen LogP contribution is -2.20. The molecule has 1 saturated heterocycles. The average Bonchev–Trinajstić information content (AvgIpc) is 2.52. The monoisotopic (exact) mass is 277 g/mol. The van der Waals surface area contributed by atoms with Gasteiger partial charge in [-0.15, -0.1) is 0 Å². The minimum Gasteiger partial charge on any atom is -0.492 e. The topological polar surface area (TPSA) is 48.4 Å². The number of Topliss-reactive ketones (excluding diaryl/α,β-unsaturated/α-hetero) is 1. The summed E-state index contributed by atoms with van der Waals surface area (Å²) < 4.78 is 11.1. The largest absolute Gasteiger partial charge is 0.492 e. The molecule has 0 aliphatic carbocycles. The van der Waals surface area contributed by atoms with Gasteiger partial charge in [0.2, 0.25) is 0 Å². The first-order valence-corrected chi connectivity index (χ1v) is 7.52. The number of ether oxygens (including phenoxy) is 2. The number of pyridine rings is 1. The van der Waals surface area contributed by atoms with E-state index in [0.29, 0.717) is 24.3 Å². The van der Waals surface area contributed by atoms with Gasteiger partial charge in [-0.1, -0.05) is 6.92 Å². The Morgan fingerprint density at radius 3 is 3.10 bits per heavy atom. The van der Waals surface area contributed by atoms with Crippen LogP contribution in [0, 0.1) is 0 Å². The lowest BCUT2D eigenvalue weighted by Gasteiger charge is -2.22. The number of aromatic nitrogens is 1. The van der Waals surface area contributed by atoms with Gasteiger partial charge in [-0.05, 0) is 38.2 Å².